The maximum atomic E-state index is 13.3. The molecule has 7 heteroatoms. The zero-order valence-corrected chi connectivity index (χ0v) is 18.1. The van der Waals surface area contributed by atoms with Gasteiger partial charge in [-0.3, -0.25) is 9.89 Å². The zero-order valence-electron chi connectivity index (χ0n) is 17.3. The number of rotatable bonds is 5. The van der Waals surface area contributed by atoms with Crippen LogP contribution in [0.25, 0.3) is 33.5 Å². The van der Waals surface area contributed by atoms with Gasteiger partial charge in [0, 0.05) is 22.7 Å². The maximum Gasteiger partial charge on any atom is 0.252 e. The van der Waals surface area contributed by atoms with Gasteiger partial charge in [-0.25, -0.2) is 9.37 Å². The van der Waals surface area contributed by atoms with Crippen LogP contribution in [0, 0.1) is 5.82 Å². The van der Waals surface area contributed by atoms with E-state index in [2.05, 4.69) is 20.5 Å². The third-order valence-electron chi connectivity index (χ3n) is 5.34. The molecule has 162 valence electrons. The molecule has 0 saturated carbocycles. The molecule has 0 aliphatic heterocycles. The van der Waals surface area contributed by atoms with Crippen molar-refractivity contribution in [3.8, 4) is 22.5 Å². The Morgan fingerprint density at radius 2 is 1.67 bits per heavy atom. The van der Waals surface area contributed by atoms with E-state index in [1.807, 2.05) is 42.5 Å². The van der Waals surface area contributed by atoms with Crippen molar-refractivity contribution in [3.63, 3.8) is 0 Å². The second-order valence-electron chi connectivity index (χ2n) is 7.53. The molecular formula is C26H18ClFN4O. The van der Waals surface area contributed by atoms with E-state index in [1.54, 1.807) is 30.3 Å². The summed E-state index contributed by atoms with van der Waals surface area (Å²) in [5, 5.41) is 11.6. The summed E-state index contributed by atoms with van der Waals surface area (Å²) >= 11 is 6.03. The summed E-state index contributed by atoms with van der Waals surface area (Å²) in [6.07, 6.45) is 0. The highest BCUT2D eigenvalue weighted by Crippen LogP contribution is 2.31. The number of nitrogens with zero attached hydrogens (tertiary/aromatic N) is 2. The van der Waals surface area contributed by atoms with Gasteiger partial charge in [0.1, 0.15) is 5.82 Å². The Bertz CT molecular complexity index is 1430. The second kappa shape index (κ2) is 8.84. The molecule has 0 saturated heterocycles. The lowest BCUT2D eigenvalue weighted by molar-refractivity contribution is 0.0952. The SMILES string of the molecule is O=C(NCc1ccc(F)cc1)c1cc(-c2ccc(Cl)cc2)nc2n[nH]c(-c3ccccc3)c12. The molecule has 5 aromatic rings. The minimum Gasteiger partial charge on any atom is -0.348 e. The van der Waals surface area contributed by atoms with Crippen LogP contribution in [0.2, 0.25) is 5.02 Å². The fourth-order valence-corrected chi connectivity index (χ4v) is 3.79. The van der Waals surface area contributed by atoms with E-state index >= 15 is 0 Å². The van der Waals surface area contributed by atoms with E-state index < -0.39 is 0 Å². The van der Waals surface area contributed by atoms with Crippen LogP contribution < -0.4 is 5.32 Å². The van der Waals surface area contributed by atoms with Crippen molar-refractivity contribution >= 4 is 28.5 Å². The first kappa shape index (κ1) is 20.8. The summed E-state index contributed by atoms with van der Waals surface area (Å²) in [6, 6.07) is 24.7. The van der Waals surface area contributed by atoms with Gasteiger partial charge in [-0.1, -0.05) is 66.2 Å². The number of fused-ring (bicyclic) bond motifs is 1. The van der Waals surface area contributed by atoms with E-state index in [-0.39, 0.29) is 18.3 Å². The predicted molar refractivity (Wildman–Crippen MR) is 127 cm³/mol. The second-order valence-corrected chi connectivity index (χ2v) is 7.97. The van der Waals surface area contributed by atoms with Crippen LogP contribution in [0.3, 0.4) is 0 Å². The predicted octanol–water partition coefficient (Wildman–Crippen LogP) is 6.01. The van der Waals surface area contributed by atoms with Gasteiger partial charge < -0.3 is 5.32 Å². The quantitative estimate of drug-likeness (QED) is 0.340. The molecule has 0 atom stereocenters. The van der Waals surface area contributed by atoms with Gasteiger partial charge in [-0.2, -0.15) is 5.10 Å². The number of benzene rings is 3. The molecule has 2 N–H and O–H groups in total. The molecule has 2 heterocycles. The van der Waals surface area contributed by atoms with Crippen molar-refractivity contribution in [2.24, 2.45) is 0 Å². The molecule has 3 aromatic carbocycles. The number of amides is 1. The fourth-order valence-electron chi connectivity index (χ4n) is 3.66. The normalized spacial score (nSPS) is 11.0. The minimum absolute atomic E-state index is 0.262. The number of hydrogen-bond acceptors (Lipinski definition) is 3. The highest BCUT2D eigenvalue weighted by Gasteiger charge is 2.20. The van der Waals surface area contributed by atoms with Gasteiger partial charge in [-0.15, -0.1) is 0 Å². The van der Waals surface area contributed by atoms with Crippen LogP contribution in [0.1, 0.15) is 15.9 Å². The highest BCUT2D eigenvalue weighted by atomic mass is 35.5. The molecule has 33 heavy (non-hydrogen) atoms. The topological polar surface area (TPSA) is 70.7 Å². The Hall–Kier alpha value is -4.03. The first-order valence-electron chi connectivity index (χ1n) is 10.3. The lowest BCUT2D eigenvalue weighted by Crippen LogP contribution is -2.23. The van der Waals surface area contributed by atoms with E-state index in [0.717, 1.165) is 16.7 Å². The number of carbonyl (C=O) groups excluding carboxylic acids is 1. The number of H-pyrrole nitrogens is 1. The third kappa shape index (κ3) is 4.33. The summed E-state index contributed by atoms with van der Waals surface area (Å²) in [6.45, 7) is 0.262. The molecule has 2 aromatic heterocycles. The molecule has 0 fully saturated rings. The van der Waals surface area contributed by atoms with Gasteiger partial charge in [-0.05, 0) is 35.9 Å². The number of carbonyl (C=O) groups is 1. The summed E-state index contributed by atoms with van der Waals surface area (Å²) in [4.78, 5) is 18.0. The smallest absolute Gasteiger partial charge is 0.252 e. The molecule has 0 spiro atoms. The van der Waals surface area contributed by atoms with Crippen molar-refractivity contribution in [2.45, 2.75) is 6.54 Å². The summed E-state index contributed by atoms with van der Waals surface area (Å²) in [7, 11) is 0. The molecule has 0 radical (unpaired) electrons. The molecule has 5 rings (SSSR count). The van der Waals surface area contributed by atoms with Gasteiger partial charge >= 0.3 is 0 Å². The van der Waals surface area contributed by atoms with E-state index in [0.29, 0.717) is 33.0 Å². The lowest BCUT2D eigenvalue weighted by Gasteiger charge is -2.10. The van der Waals surface area contributed by atoms with Crippen molar-refractivity contribution in [1.29, 1.82) is 0 Å². The summed E-state index contributed by atoms with van der Waals surface area (Å²) < 4.78 is 13.2. The van der Waals surface area contributed by atoms with Crippen LogP contribution in [-0.2, 0) is 6.54 Å². The minimum atomic E-state index is -0.320. The Morgan fingerprint density at radius 1 is 0.939 bits per heavy atom. The Morgan fingerprint density at radius 3 is 2.39 bits per heavy atom. The Kier molecular flexibility index (Phi) is 5.59. The molecule has 0 aliphatic rings. The summed E-state index contributed by atoms with van der Waals surface area (Å²) in [5.74, 6) is -0.597. The average Bonchev–Trinajstić information content (AvgIpc) is 3.28. The Labute approximate surface area is 194 Å². The third-order valence-corrected chi connectivity index (χ3v) is 5.59. The monoisotopic (exact) mass is 456 g/mol. The van der Waals surface area contributed by atoms with Crippen molar-refractivity contribution in [2.75, 3.05) is 0 Å². The molecule has 0 bridgehead atoms. The van der Waals surface area contributed by atoms with Crippen LogP contribution >= 0.6 is 11.6 Å². The van der Waals surface area contributed by atoms with Crippen LogP contribution in [0.4, 0.5) is 4.39 Å². The first-order chi connectivity index (χ1) is 16.1. The van der Waals surface area contributed by atoms with Gasteiger partial charge in [0.2, 0.25) is 0 Å². The number of pyridine rings is 1. The van der Waals surface area contributed by atoms with E-state index in [4.69, 9.17) is 11.6 Å². The van der Waals surface area contributed by atoms with Crippen LogP contribution in [-0.4, -0.2) is 21.1 Å². The molecule has 1 amide bonds. The average molecular weight is 457 g/mol. The highest BCUT2D eigenvalue weighted by molar-refractivity contribution is 6.30. The van der Waals surface area contributed by atoms with Crippen molar-refractivity contribution < 1.29 is 9.18 Å². The molecular weight excluding hydrogens is 439 g/mol. The standard InChI is InChI=1S/C26H18ClFN4O/c27-19-10-8-17(9-11-19)22-14-21(26(33)29-15-16-6-12-20(28)13-7-16)23-24(31-32-25(23)30-22)18-4-2-1-3-5-18/h1-14H,15H2,(H,29,33)(H,30,31,32). The van der Waals surface area contributed by atoms with Crippen molar-refractivity contribution in [1.82, 2.24) is 20.5 Å². The van der Waals surface area contributed by atoms with E-state index in [9.17, 15) is 9.18 Å². The van der Waals surface area contributed by atoms with Crippen LogP contribution in [0.15, 0.2) is 84.9 Å². The summed E-state index contributed by atoms with van der Waals surface area (Å²) in [5.41, 5.74) is 4.72. The van der Waals surface area contributed by atoms with Crippen molar-refractivity contribution in [3.05, 3.63) is 107 Å². The van der Waals surface area contributed by atoms with Crippen LogP contribution in [0.5, 0.6) is 0 Å². The lowest BCUT2D eigenvalue weighted by atomic mass is 10.0. The van der Waals surface area contributed by atoms with Gasteiger partial charge in [0.25, 0.3) is 5.91 Å². The number of halogens is 2. The molecule has 0 aliphatic carbocycles. The van der Waals surface area contributed by atoms with Gasteiger partial charge in [0.05, 0.1) is 22.3 Å². The zero-order chi connectivity index (χ0) is 22.8. The van der Waals surface area contributed by atoms with Gasteiger partial charge in [0.15, 0.2) is 5.65 Å². The maximum absolute atomic E-state index is 13.3. The number of hydrogen-bond donors (Lipinski definition) is 2. The van der Waals surface area contributed by atoms with E-state index in [1.165, 1.54) is 12.1 Å². The number of aromatic nitrogens is 3. The molecule has 0 unspecified atom stereocenters. The Balaban J connectivity index is 1.59. The number of aromatic amines is 1. The largest absolute Gasteiger partial charge is 0.348 e. The number of nitrogens with one attached hydrogen (secondary N) is 2. The molecule has 5 nitrogen and oxygen atoms in total. The first-order valence-corrected chi connectivity index (χ1v) is 10.7. The fraction of sp³-hybridized carbons (Fsp3) is 0.0385.